The SMILES string of the molecule is CNNC(=O)c1cc(Cl)nn1C. The normalized spacial score (nSPS) is 9.92. The van der Waals surface area contributed by atoms with E-state index in [1.807, 2.05) is 0 Å². The molecule has 6 heteroatoms. The Morgan fingerprint density at radius 2 is 2.42 bits per heavy atom. The molecule has 1 heterocycles. The van der Waals surface area contributed by atoms with Gasteiger partial charge in [-0.15, -0.1) is 0 Å². The van der Waals surface area contributed by atoms with E-state index in [4.69, 9.17) is 11.6 Å². The molecule has 0 atom stereocenters. The van der Waals surface area contributed by atoms with Crippen molar-refractivity contribution in [3.05, 3.63) is 16.9 Å². The molecule has 0 aliphatic carbocycles. The van der Waals surface area contributed by atoms with Crippen LogP contribution in [0.2, 0.25) is 5.15 Å². The van der Waals surface area contributed by atoms with Gasteiger partial charge < -0.3 is 0 Å². The van der Waals surface area contributed by atoms with E-state index in [9.17, 15) is 4.79 Å². The van der Waals surface area contributed by atoms with Crippen LogP contribution < -0.4 is 10.9 Å². The summed E-state index contributed by atoms with van der Waals surface area (Å²) in [6.07, 6.45) is 0. The molecule has 12 heavy (non-hydrogen) atoms. The molecule has 1 aromatic rings. The molecule has 0 aromatic carbocycles. The third kappa shape index (κ3) is 1.75. The first kappa shape index (κ1) is 9.02. The van der Waals surface area contributed by atoms with Gasteiger partial charge in [-0.2, -0.15) is 5.10 Å². The molecule has 0 aliphatic heterocycles. The van der Waals surface area contributed by atoms with Crippen LogP contribution in [0.15, 0.2) is 6.07 Å². The predicted molar refractivity (Wildman–Crippen MR) is 44.7 cm³/mol. The van der Waals surface area contributed by atoms with E-state index in [0.29, 0.717) is 10.8 Å². The second kappa shape index (κ2) is 3.55. The molecule has 0 spiro atoms. The Hall–Kier alpha value is -1.07. The van der Waals surface area contributed by atoms with Crippen molar-refractivity contribution in [2.45, 2.75) is 0 Å². The first-order valence-corrected chi connectivity index (χ1v) is 3.69. The van der Waals surface area contributed by atoms with Crippen molar-refractivity contribution in [2.24, 2.45) is 7.05 Å². The highest BCUT2D eigenvalue weighted by Crippen LogP contribution is 2.07. The number of halogens is 1. The van der Waals surface area contributed by atoms with Crippen molar-refractivity contribution in [3.63, 3.8) is 0 Å². The van der Waals surface area contributed by atoms with Crippen molar-refractivity contribution in [1.82, 2.24) is 20.6 Å². The maximum Gasteiger partial charge on any atom is 0.283 e. The van der Waals surface area contributed by atoms with E-state index < -0.39 is 0 Å². The van der Waals surface area contributed by atoms with Gasteiger partial charge in [0.05, 0.1) is 0 Å². The lowest BCUT2D eigenvalue weighted by molar-refractivity contribution is 0.0928. The van der Waals surface area contributed by atoms with E-state index in [-0.39, 0.29) is 5.91 Å². The highest BCUT2D eigenvalue weighted by atomic mass is 35.5. The number of hydrogen-bond acceptors (Lipinski definition) is 3. The van der Waals surface area contributed by atoms with E-state index >= 15 is 0 Å². The standard InChI is InChI=1S/C6H9ClN4O/c1-8-9-6(12)4-3-5(7)10-11(4)2/h3,8H,1-2H3,(H,9,12). The second-order valence-corrected chi connectivity index (χ2v) is 2.57. The average molecular weight is 189 g/mol. The third-order valence-corrected chi connectivity index (χ3v) is 1.51. The van der Waals surface area contributed by atoms with Gasteiger partial charge in [-0.3, -0.25) is 14.9 Å². The highest BCUT2D eigenvalue weighted by Gasteiger charge is 2.10. The Balaban J connectivity index is 2.87. The zero-order valence-electron chi connectivity index (χ0n) is 6.76. The lowest BCUT2D eigenvalue weighted by atomic mass is 10.4. The van der Waals surface area contributed by atoms with Crippen molar-refractivity contribution in [2.75, 3.05) is 7.05 Å². The summed E-state index contributed by atoms with van der Waals surface area (Å²) in [5.74, 6) is -0.264. The van der Waals surface area contributed by atoms with Crippen molar-refractivity contribution < 1.29 is 4.79 Å². The second-order valence-electron chi connectivity index (χ2n) is 2.18. The largest absolute Gasteiger partial charge is 0.286 e. The molecular weight excluding hydrogens is 180 g/mol. The molecule has 5 nitrogen and oxygen atoms in total. The van der Waals surface area contributed by atoms with Gasteiger partial charge in [-0.05, 0) is 0 Å². The number of amides is 1. The van der Waals surface area contributed by atoms with Crippen LogP contribution in [0.5, 0.6) is 0 Å². The van der Waals surface area contributed by atoms with Crippen LogP contribution in [-0.4, -0.2) is 22.7 Å². The summed E-state index contributed by atoms with van der Waals surface area (Å²) in [7, 11) is 3.26. The predicted octanol–water partition coefficient (Wildman–Crippen LogP) is -0.0623. The molecular formula is C6H9ClN4O. The molecule has 0 saturated heterocycles. The summed E-state index contributed by atoms with van der Waals surface area (Å²) in [4.78, 5) is 11.2. The smallest absolute Gasteiger partial charge is 0.283 e. The number of nitrogens with one attached hydrogen (secondary N) is 2. The van der Waals surface area contributed by atoms with Gasteiger partial charge in [0.15, 0.2) is 5.15 Å². The number of carbonyl (C=O) groups excluding carboxylic acids is 1. The van der Waals surface area contributed by atoms with Crippen molar-refractivity contribution >= 4 is 17.5 Å². The minimum absolute atomic E-state index is 0.264. The minimum atomic E-state index is -0.264. The highest BCUT2D eigenvalue weighted by molar-refractivity contribution is 6.29. The van der Waals surface area contributed by atoms with Gasteiger partial charge in [0.1, 0.15) is 5.69 Å². The molecule has 0 aliphatic rings. The van der Waals surface area contributed by atoms with Crippen LogP contribution in [0.25, 0.3) is 0 Å². The van der Waals surface area contributed by atoms with Crippen molar-refractivity contribution in [3.8, 4) is 0 Å². The molecule has 0 unspecified atom stereocenters. The Morgan fingerprint density at radius 1 is 1.75 bits per heavy atom. The summed E-state index contributed by atoms with van der Waals surface area (Å²) in [6, 6.07) is 1.49. The van der Waals surface area contributed by atoms with Crippen molar-refractivity contribution in [1.29, 1.82) is 0 Å². The fraction of sp³-hybridized carbons (Fsp3) is 0.333. The lowest BCUT2D eigenvalue weighted by Gasteiger charge is -2.01. The maximum absolute atomic E-state index is 11.2. The van der Waals surface area contributed by atoms with Gasteiger partial charge >= 0.3 is 0 Å². The van der Waals surface area contributed by atoms with Gasteiger partial charge in [0.25, 0.3) is 5.91 Å². The first-order chi connectivity index (χ1) is 5.65. The van der Waals surface area contributed by atoms with Gasteiger partial charge in [0, 0.05) is 20.2 Å². The van der Waals surface area contributed by atoms with E-state index in [1.165, 1.54) is 10.7 Å². The van der Waals surface area contributed by atoms with Gasteiger partial charge in [0.2, 0.25) is 0 Å². The number of carbonyl (C=O) groups is 1. The van der Waals surface area contributed by atoms with Crippen LogP contribution in [-0.2, 0) is 7.05 Å². The van der Waals surface area contributed by atoms with Crippen LogP contribution in [0, 0.1) is 0 Å². The summed E-state index contributed by atoms with van der Waals surface area (Å²) < 4.78 is 1.41. The zero-order chi connectivity index (χ0) is 9.14. The lowest BCUT2D eigenvalue weighted by Crippen LogP contribution is -2.35. The molecule has 1 rings (SSSR count). The number of hydrogen-bond donors (Lipinski definition) is 2. The van der Waals surface area contributed by atoms with Crippen LogP contribution in [0.1, 0.15) is 10.5 Å². The summed E-state index contributed by atoms with van der Waals surface area (Å²) in [5, 5.41) is 4.11. The first-order valence-electron chi connectivity index (χ1n) is 3.31. The zero-order valence-corrected chi connectivity index (χ0v) is 7.51. The number of rotatable bonds is 2. The molecule has 0 bridgehead atoms. The number of hydrazine groups is 1. The maximum atomic E-state index is 11.2. The Kier molecular flexibility index (Phi) is 2.67. The minimum Gasteiger partial charge on any atom is -0.286 e. The van der Waals surface area contributed by atoms with Gasteiger partial charge in [-0.1, -0.05) is 11.6 Å². The third-order valence-electron chi connectivity index (χ3n) is 1.32. The van der Waals surface area contributed by atoms with Crippen LogP contribution in [0.4, 0.5) is 0 Å². The van der Waals surface area contributed by atoms with Gasteiger partial charge in [-0.25, -0.2) is 5.43 Å². The molecule has 1 amide bonds. The molecule has 1 aromatic heterocycles. The fourth-order valence-electron chi connectivity index (χ4n) is 0.822. The molecule has 66 valence electrons. The summed E-state index contributed by atoms with van der Waals surface area (Å²) in [6.45, 7) is 0. The van der Waals surface area contributed by atoms with Crippen LogP contribution >= 0.6 is 11.6 Å². The van der Waals surface area contributed by atoms with E-state index in [1.54, 1.807) is 14.1 Å². The molecule has 0 fully saturated rings. The molecule has 0 saturated carbocycles. The van der Waals surface area contributed by atoms with Crippen LogP contribution in [0.3, 0.4) is 0 Å². The molecule has 2 N–H and O–H groups in total. The number of nitrogens with zero attached hydrogens (tertiary/aromatic N) is 2. The quantitative estimate of drug-likeness (QED) is 0.640. The Bertz CT molecular complexity index is 296. The number of aryl methyl sites for hydroxylation is 1. The molecule has 0 radical (unpaired) electrons. The van der Waals surface area contributed by atoms with E-state index in [2.05, 4.69) is 16.0 Å². The van der Waals surface area contributed by atoms with E-state index in [0.717, 1.165) is 0 Å². The summed E-state index contributed by atoms with van der Waals surface area (Å²) in [5.41, 5.74) is 5.34. The Morgan fingerprint density at radius 3 is 2.83 bits per heavy atom. The number of aromatic nitrogens is 2. The Labute approximate surface area is 74.7 Å². The monoisotopic (exact) mass is 188 g/mol. The topological polar surface area (TPSA) is 58.9 Å². The average Bonchev–Trinajstić information content (AvgIpc) is 2.30. The fourth-order valence-corrected chi connectivity index (χ4v) is 1.04. The summed E-state index contributed by atoms with van der Waals surface area (Å²) >= 11 is 5.58.